The Bertz CT molecular complexity index is 248. The van der Waals surface area contributed by atoms with E-state index in [4.69, 9.17) is 23.2 Å². The molecule has 0 aromatic carbocycles. The van der Waals surface area contributed by atoms with Gasteiger partial charge in [-0.2, -0.15) is 0 Å². The normalized spacial score (nSPS) is 12.9. The topological polar surface area (TPSA) is 0 Å². The minimum absolute atomic E-state index is 0.312. The number of hydrogen-bond donors (Lipinski definition) is 0. The van der Waals surface area contributed by atoms with Crippen LogP contribution in [0.5, 0.6) is 0 Å². The molecule has 0 amide bonds. The van der Waals surface area contributed by atoms with Crippen LogP contribution < -0.4 is 0 Å². The Balaban J connectivity index is 3.94. The van der Waals surface area contributed by atoms with Gasteiger partial charge >= 0.3 is 0 Å². The van der Waals surface area contributed by atoms with Crippen molar-refractivity contribution in [2.24, 2.45) is 0 Å². The fraction of sp³-hybridized carbons (Fsp3) is 0.455. The summed E-state index contributed by atoms with van der Waals surface area (Å²) in [7, 11) is 0. The van der Waals surface area contributed by atoms with Crippen LogP contribution in [0.4, 0.5) is 0 Å². The Morgan fingerprint density at radius 2 is 1.86 bits per heavy atom. The van der Waals surface area contributed by atoms with Crippen LogP contribution in [0.3, 0.4) is 0 Å². The summed E-state index contributed by atoms with van der Waals surface area (Å²) in [6, 6.07) is 0. The van der Waals surface area contributed by atoms with E-state index in [1.807, 2.05) is 6.92 Å². The third-order valence-electron chi connectivity index (χ3n) is 1.77. The number of hydrogen-bond acceptors (Lipinski definition) is 0. The van der Waals surface area contributed by atoms with E-state index in [0.717, 1.165) is 23.7 Å². The predicted molar refractivity (Wildman–Crippen MR) is 70.3 cm³/mol. The van der Waals surface area contributed by atoms with Crippen LogP contribution in [0.25, 0.3) is 0 Å². The molecule has 0 aliphatic rings. The highest BCUT2D eigenvalue weighted by molar-refractivity contribution is 9.09. The molecule has 0 unspecified atom stereocenters. The Morgan fingerprint density at radius 1 is 1.21 bits per heavy atom. The van der Waals surface area contributed by atoms with Gasteiger partial charge in [-0.25, -0.2) is 0 Å². The first-order valence-corrected chi connectivity index (χ1v) is 6.35. The second kappa shape index (κ2) is 8.58. The summed E-state index contributed by atoms with van der Waals surface area (Å²) in [5.74, 6) is 0. The molecule has 0 aliphatic heterocycles. The second-order valence-corrected chi connectivity index (χ2v) is 4.78. The molecule has 80 valence electrons. The van der Waals surface area contributed by atoms with E-state index in [9.17, 15) is 0 Å². The SMILES string of the molecule is C/C(C=C(Cl)Cl)=C\CC/C(C)=C/CBr. The van der Waals surface area contributed by atoms with Crippen molar-refractivity contribution in [1.29, 1.82) is 0 Å². The van der Waals surface area contributed by atoms with Gasteiger partial charge in [0.05, 0.1) is 0 Å². The fourth-order valence-electron chi connectivity index (χ4n) is 0.992. The summed E-state index contributed by atoms with van der Waals surface area (Å²) in [4.78, 5) is 0. The minimum Gasteiger partial charge on any atom is -0.0883 e. The Hall–Kier alpha value is 0.280. The molecule has 0 aliphatic carbocycles. The van der Waals surface area contributed by atoms with Gasteiger partial charge in [0, 0.05) is 5.33 Å². The van der Waals surface area contributed by atoms with Gasteiger partial charge in [-0.3, -0.25) is 0 Å². The monoisotopic (exact) mass is 296 g/mol. The van der Waals surface area contributed by atoms with Gasteiger partial charge in [0.2, 0.25) is 0 Å². The molecule has 0 radical (unpaired) electrons. The first-order valence-electron chi connectivity index (χ1n) is 4.47. The van der Waals surface area contributed by atoms with Crippen molar-refractivity contribution in [2.75, 3.05) is 5.33 Å². The van der Waals surface area contributed by atoms with Crippen LogP contribution in [0.1, 0.15) is 26.7 Å². The molecular weight excluding hydrogens is 283 g/mol. The van der Waals surface area contributed by atoms with Crippen LogP contribution in [0.15, 0.2) is 33.9 Å². The van der Waals surface area contributed by atoms with Gasteiger partial charge in [0.15, 0.2) is 0 Å². The summed E-state index contributed by atoms with van der Waals surface area (Å²) in [6.45, 7) is 4.13. The van der Waals surface area contributed by atoms with Crippen molar-refractivity contribution >= 4 is 39.1 Å². The van der Waals surface area contributed by atoms with Crippen LogP contribution in [0.2, 0.25) is 0 Å². The first-order chi connectivity index (χ1) is 6.56. The highest BCUT2D eigenvalue weighted by atomic mass is 79.9. The lowest BCUT2D eigenvalue weighted by Gasteiger charge is -1.97. The van der Waals surface area contributed by atoms with E-state index in [2.05, 4.69) is 35.0 Å². The third-order valence-corrected chi connectivity index (χ3v) is 2.31. The van der Waals surface area contributed by atoms with E-state index in [1.54, 1.807) is 6.08 Å². The number of halogens is 3. The quantitative estimate of drug-likeness (QED) is 0.363. The van der Waals surface area contributed by atoms with Gasteiger partial charge in [-0.1, -0.05) is 62.4 Å². The number of rotatable bonds is 5. The smallest absolute Gasteiger partial charge is 0.0883 e. The van der Waals surface area contributed by atoms with Crippen molar-refractivity contribution < 1.29 is 0 Å². The van der Waals surface area contributed by atoms with Crippen molar-refractivity contribution in [1.82, 2.24) is 0 Å². The summed E-state index contributed by atoms with van der Waals surface area (Å²) in [5, 5.41) is 0.926. The zero-order valence-corrected chi connectivity index (χ0v) is 11.6. The zero-order valence-electron chi connectivity index (χ0n) is 8.49. The second-order valence-electron chi connectivity index (χ2n) is 3.13. The molecule has 0 heterocycles. The minimum atomic E-state index is 0.312. The fourth-order valence-corrected chi connectivity index (χ4v) is 1.89. The van der Waals surface area contributed by atoms with E-state index in [0.29, 0.717) is 4.49 Å². The third kappa shape index (κ3) is 8.86. The molecule has 0 aromatic heterocycles. The molecule has 0 aromatic rings. The Morgan fingerprint density at radius 3 is 2.36 bits per heavy atom. The van der Waals surface area contributed by atoms with E-state index < -0.39 is 0 Å². The molecule has 14 heavy (non-hydrogen) atoms. The lowest BCUT2D eigenvalue weighted by molar-refractivity contribution is 0.968. The van der Waals surface area contributed by atoms with Gasteiger partial charge in [-0.05, 0) is 32.8 Å². The van der Waals surface area contributed by atoms with Crippen LogP contribution >= 0.6 is 39.1 Å². The summed E-state index contributed by atoms with van der Waals surface area (Å²) < 4.78 is 0.312. The molecule has 3 heteroatoms. The maximum absolute atomic E-state index is 5.53. The number of allylic oxidation sites excluding steroid dienone is 5. The van der Waals surface area contributed by atoms with Gasteiger partial charge in [0.1, 0.15) is 4.49 Å². The molecule has 0 rings (SSSR count). The van der Waals surface area contributed by atoms with Gasteiger partial charge in [0.25, 0.3) is 0 Å². The lowest BCUT2D eigenvalue weighted by atomic mass is 10.1. The summed E-state index contributed by atoms with van der Waals surface area (Å²) in [5.41, 5.74) is 2.50. The molecule has 0 spiro atoms. The number of alkyl halides is 1. The highest BCUT2D eigenvalue weighted by Gasteiger charge is 1.89. The van der Waals surface area contributed by atoms with Crippen molar-refractivity contribution in [3.63, 3.8) is 0 Å². The molecule has 0 saturated heterocycles. The van der Waals surface area contributed by atoms with Crippen molar-refractivity contribution in [2.45, 2.75) is 26.7 Å². The molecule has 0 N–H and O–H groups in total. The molecule has 0 saturated carbocycles. The molecule has 0 atom stereocenters. The largest absolute Gasteiger partial charge is 0.107 e. The van der Waals surface area contributed by atoms with Crippen LogP contribution in [-0.2, 0) is 0 Å². The standard InChI is InChI=1S/C11H15BrCl2/c1-9(6-7-12)4-3-5-10(2)8-11(13)14/h5-6,8H,3-4,7H2,1-2H3/b9-6+,10-5+. The van der Waals surface area contributed by atoms with Crippen molar-refractivity contribution in [3.8, 4) is 0 Å². The van der Waals surface area contributed by atoms with E-state index >= 15 is 0 Å². The molecule has 0 bridgehead atoms. The maximum Gasteiger partial charge on any atom is 0.107 e. The Kier molecular flexibility index (Phi) is 8.75. The average molecular weight is 298 g/mol. The molecule has 0 fully saturated rings. The van der Waals surface area contributed by atoms with Gasteiger partial charge < -0.3 is 0 Å². The summed E-state index contributed by atoms with van der Waals surface area (Å²) in [6.07, 6.45) is 8.17. The van der Waals surface area contributed by atoms with Gasteiger partial charge in [-0.15, -0.1) is 0 Å². The summed E-state index contributed by atoms with van der Waals surface area (Å²) >= 11 is 14.4. The highest BCUT2D eigenvalue weighted by Crippen LogP contribution is 2.12. The first kappa shape index (κ1) is 14.3. The lowest BCUT2D eigenvalue weighted by Crippen LogP contribution is -1.78. The predicted octanol–water partition coefficient (Wildman–Crippen LogP) is 5.37. The average Bonchev–Trinajstić information content (AvgIpc) is 2.02. The molecule has 0 nitrogen and oxygen atoms in total. The van der Waals surface area contributed by atoms with E-state index in [-0.39, 0.29) is 0 Å². The van der Waals surface area contributed by atoms with Crippen molar-refractivity contribution in [3.05, 3.63) is 33.9 Å². The zero-order chi connectivity index (χ0) is 11.0. The van der Waals surface area contributed by atoms with E-state index in [1.165, 1.54) is 5.57 Å². The maximum atomic E-state index is 5.53. The molecular formula is C11H15BrCl2. The van der Waals surface area contributed by atoms with Crippen LogP contribution in [0, 0.1) is 0 Å². The Labute approximate surface area is 105 Å². The van der Waals surface area contributed by atoms with Crippen LogP contribution in [-0.4, -0.2) is 5.33 Å².